The number of likely N-dealkylation sites (tertiary alicyclic amines) is 1. The van der Waals surface area contributed by atoms with Gasteiger partial charge in [-0.25, -0.2) is 4.79 Å². The number of carbonyl (C=O) groups excluding carboxylic acids is 5. The van der Waals surface area contributed by atoms with E-state index in [9.17, 15) is 24.0 Å². The molecule has 4 atom stereocenters. The first kappa shape index (κ1) is 26.8. The van der Waals surface area contributed by atoms with Crippen LogP contribution in [0, 0.1) is 16.7 Å². The van der Waals surface area contributed by atoms with Gasteiger partial charge in [0.05, 0.1) is 23.3 Å². The van der Waals surface area contributed by atoms with Crippen molar-refractivity contribution in [1.82, 2.24) is 10.2 Å². The minimum atomic E-state index is -1.50. The number of ether oxygens (including phenoxy) is 1. The Bertz CT molecular complexity index is 1430. The molecule has 10 heteroatoms. The normalized spacial score (nSPS) is 29.2. The topological polar surface area (TPSA) is 136 Å². The summed E-state index contributed by atoms with van der Waals surface area (Å²) < 4.78 is 3.08. The molecule has 4 amide bonds. The molecule has 5 rings (SSSR count). The first-order chi connectivity index (χ1) is 18.5. The van der Waals surface area contributed by atoms with Crippen molar-refractivity contribution in [3.05, 3.63) is 71.8 Å². The van der Waals surface area contributed by atoms with Gasteiger partial charge in [0.25, 0.3) is 0 Å². The highest BCUT2D eigenvalue weighted by Crippen LogP contribution is 2.77. The Morgan fingerprint density at radius 2 is 1.54 bits per heavy atom. The van der Waals surface area contributed by atoms with Crippen molar-refractivity contribution < 1.29 is 28.7 Å². The van der Waals surface area contributed by atoms with Gasteiger partial charge in [0.15, 0.2) is 5.78 Å². The predicted molar refractivity (Wildman–Crippen MR) is 146 cm³/mol. The van der Waals surface area contributed by atoms with Crippen LogP contribution in [0.25, 0.3) is 11.1 Å². The Kier molecular flexibility index (Phi) is 6.49. The number of rotatable bonds is 8. The van der Waals surface area contributed by atoms with Gasteiger partial charge in [0.2, 0.25) is 17.7 Å². The van der Waals surface area contributed by atoms with Crippen molar-refractivity contribution >= 4 is 56.7 Å². The summed E-state index contributed by atoms with van der Waals surface area (Å²) in [6, 6.07) is 19.0. The number of amides is 4. The third-order valence-electron chi connectivity index (χ3n) is 8.32. The Balaban J connectivity index is 1.53. The summed E-state index contributed by atoms with van der Waals surface area (Å²) in [4.78, 5) is 66.5. The number of hydrogen-bond donors (Lipinski definition) is 2. The number of alkyl halides is 1. The largest absolute Gasteiger partial charge is 0.448 e. The lowest BCUT2D eigenvalue weighted by Gasteiger charge is -2.41. The molecule has 39 heavy (non-hydrogen) atoms. The van der Waals surface area contributed by atoms with E-state index < -0.39 is 44.9 Å². The van der Waals surface area contributed by atoms with E-state index in [1.807, 2.05) is 60.7 Å². The van der Waals surface area contributed by atoms with Crippen molar-refractivity contribution in [1.29, 1.82) is 0 Å². The molecular weight excluding hydrogens is 566 g/mol. The van der Waals surface area contributed by atoms with Crippen molar-refractivity contribution in [2.24, 2.45) is 22.5 Å². The smallest absolute Gasteiger partial charge is 0.404 e. The number of carbonyl (C=O) groups is 5. The van der Waals surface area contributed by atoms with Gasteiger partial charge in [-0.05, 0) is 36.1 Å². The van der Waals surface area contributed by atoms with Gasteiger partial charge in [-0.1, -0.05) is 76.6 Å². The third-order valence-corrected chi connectivity index (χ3v) is 9.91. The fourth-order valence-electron chi connectivity index (χ4n) is 6.71. The SMILES string of the molecule is C[C@]12C(=O)[C@](C)(C(c3ccccc3)=C1c1ccccc1)C1(Br)C(=O)N(CCC(=O)NCCOC(N)=O)C(=O)C12. The molecule has 0 radical (unpaired) electrons. The fraction of sp³-hybridized carbons (Fsp3) is 0.345. The molecule has 2 unspecified atom stereocenters. The first-order valence-electron chi connectivity index (χ1n) is 12.6. The molecule has 1 saturated heterocycles. The number of nitrogens with two attached hydrogens (primary N) is 1. The molecular formula is C29H28BrN3O6. The van der Waals surface area contributed by atoms with Crippen molar-refractivity contribution in [3.63, 3.8) is 0 Å². The zero-order chi connectivity index (χ0) is 28.2. The molecule has 1 saturated carbocycles. The van der Waals surface area contributed by atoms with E-state index in [2.05, 4.69) is 26.0 Å². The number of hydrogen-bond acceptors (Lipinski definition) is 6. The van der Waals surface area contributed by atoms with Gasteiger partial charge >= 0.3 is 6.09 Å². The van der Waals surface area contributed by atoms with E-state index >= 15 is 0 Å². The number of fused-ring (bicyclic) bond motifs is 5. The highest BCUT2D eigenvalue weighted by atomic mass is 79.9. The molecule has 1 aliphatic heterocycles. The van der Waals surface area contributed by atoms with Crippen LogP contribution in [0.1, 0.15) is 31.4 Å². The number of nitrogens with one attached hydrogen (secondary N) is 1. The molecule has 0 spiro atoms. The fourth-order valence-corrected chi connectivity index (χ4v) is 7.96. The average molecular weight is 594 g/mol. The Morgan fingerprint density at radius 3 is 2.10 bits per heavy atom. The van der Waals surface area contributed by atoms with Crippen molar-refractivity contribution in [2.45, 2.75) is 24.6 Å². The average Bonchev–Trinajstić information content (AvgIpc) is 3.30. The van der Waals surface area contributed by atoms with Crippen LogP contribution >= 0.6 is 15.9 Å². The summed E-state index contributed by atoms with van der Waals surface area (Å²) in [6.07, 6.45) is -1.09. The summed E-state index contributed by atoms with van der Waals surface area (Å²) in [5.74, 6) is -2.59. The van der Waals surface area contributed by atoms with Gasteiger partial charge in [-0.2, -0.15) is 0 Å². The van der Waals surface area contributed by atoms with Crippen LogP contribution in [0.2, 0.25) is 0 Å². The van der Waals surface area contributed by atoms with Gasteiger partial charge in [-0.3, -0.25) is 24.1 Å². The van der Waals surface area contributed by atoms with Gasteiger partial charge in [0, 0.05) is 13.0 Å². The number of nitrogens with zero attached hydrogens (tertiary/aromatic N) is 1. The Morgan fingerprint density at radius 1 is 0.974 bits per heavy atom. The number of halogens is 1. The number of ketones is 1. The van der Waals surface area contributed by atoms with E-state index in [-0.39, 0.29) is 31.9 Å². The lowest BCUT2D eigenvalue weighted by molar-refractivity contribution is -0.144. The van der Waals surface area contributed by atoms with Gasteiger partial charge < -0.3 is 15.8 Å². The standard InChI is InChI=1S/C29H28BrN3O6/c1-27-20(17-9-5-3-6-10-17)21(18-11-7-4-8-12-18)28(2,24(27)36)29(30)22(27)23(35)33(25(29)37)15-13-19(34)32-14-16-39-26(31)38/h3-12,22H,13-16H2,1-2H3,(H2,31,38)(H,32,34)/t22?,27-,28-,29?/m0/s1. The molecule has 202 valence electrons. The molecule has 2 aliphatic carbocycles. The predicted octanol–water partition coefficient (Wildman–Crippen LogP) is 2.93. The molecule has 2 fully saturated rings. The Labute approximate surface area is 233 Å². The molecule has 2 aromatic carbocycles. The summed E-state index contributed by atoms with van der Waals surface area (Å²) in [7, 11) is 0. The second-order valence-corrected chi connectivity index (χ2v) is 11.6. The maximum Gasteiger partial charge on any atom is 0.404 e. The first-order valence-corrected chi connectivity index (χ1v) is 13.4. The third kappa shape index (κ3) is 3.61. The van der Waals surface area contributed by atoms with Crippen LogP contribution in [-0.2, 0) is 23.9 Å². The highest BCUT2D eigenvalue weighted by Gasteiger charge is 2.85. The van der Waals surface area contributed by atoms with Crippen molar-refractivity contribution in [2.75, 3.05) is 19.7 Å². The van der Waals surface area contributed by atoms with Crippen molar-refractivity contribution in [3.8, 4) is 0 Å². The van der Waals surface area contributed by atoms with Gasteiger partial charge in [-0.15, -0.1) is 0 Å². The lowest BCUT2D eigenvalue weighted by atomic mass is 9.63. The molecule has 2 aromatic rings. The molecule has 1 heterocycles. The van der Waals surface area contributed by atoms with E-state index in [0.29, 0.717) is 0 Å². The monoisotopic (exact) mass is 593 g/mol. The zero-order valence-corrected chi connectivity index (χ0v) is 23.1. The quantitative estimate of drug-likeness (QED) is 0.274. The maximum atomic E-state index is 14.4. The molecule has 3 aliphatic rings. The van der Waals surface area contributed by atoms with Crippen LogP contribution < -0.4 is 11.1 Å². The van der Waals surface area contributed by atoms with Crippen LogP contribution in [-0.4, -0.2) is 58.5 Å². The van der Waals surface area contributed by atoms with Crippen LogP contribution in [0.5, 0.6) is 0 Å². The zero-order valence-electron chi connectivity index (χ0n) is 21.5. The van der Waals surface area contributed by atoms with E-state index in [1.54, 1.807) is 13.8 Å². The second-order valence-electron chi connectivity index (χ2n) is 10.3. The van der Waals surface area contributed by atoms with E-state index in [0.717, 1.165) is 27.2 Å². The number of allylic oxidation sites excluding steroid dienone is 2. The summed E-state index contributed by atoms with van der Waals surface area (Å²) in [5, 5.41) is 2.57. The molecule has 3 N–H and O–H groups in total. The molecule has 2 bridgehead atoms. The lowest BCUT2D eigenvalue weighted by Crippen LogP contribution is -2.50. The second kappa shape index (κ2) is 9.44. The number of primary amides is 1. The maximum absolute atomic E-state index is 14.4. The van der Waals surface area contributed by atoms with Crippen LogP contribution in [0.15, 0.2) is 60.7 Å². The Hall–Kier alpha value is -3.79. The minimum absolute atomic E-state index is 0.0457. The summed E-state index contributed by atoms with van der Waals surface area (Å²) in [5.41, 5.74) is 5.39. The van der Waals surface area contributed by atoms with E-state index in [1.165, 1.54) is 0 Å². The summed E-state index contributed by atoms with van der Waals surface area (Å²) in [6.45, 7) is 3.32. The summed E-state index contributed by atoms with van der Waals surface area (Å²) >= 11 is 3.69. The van der Waals surface area contributed by atoms with E-state index in [4.69, 9.17) is 5.73 Å². The number of Topliss-reactive ketones (excluding diaryl/α,β-unsaturated/α-hetero) is 1. The van der Waals surface area contributed by atoms with Crippen LogP contribution in [0.4, 0.5) is 4.79 Å². The molecule has 9 nitrogen and oxygen atoms in total. The highest BCUT2D eigenvalue weighted by molar-refractivity contribution is 9.10. The molecule has 0 aromatic heterocycles. The number of benzene rings is 2. The van der Waals surface area contributed by atoms with Gasteiger partial charge in [0.1, 0.15) is 10.9 Å². The number of imide groups is 1. The van der Waals surface area contributed by atoms with Crippen LogP contribution in [0.3, 0.4) is 0 Å². The minimum Gasteiger partial charge on any atom is -0.448 e.